The molecule has 0 fully saturated rings. The summed E-state index contributed by atoms with van der Waals surface area (Å²) in [6.45, 7) is 2.18. The van der Waals surface area contributed by atoms with Crippen LogP contribution >= 0.6 is 0 Å². The Morgan fingerprint density at radius 1 is 1.26 bits per heavy atom. The highest BCUT2D eigenvalue weighted by Gasteiger charge is 2.11. The zero-order chi connectivity index (χ0) is 17.0. The number of nitrogens with zero attached hydrogens (tertiary/aromatic N) is 2. The first-order valence-electron chi connectivity index (χ1n) is 6.78. The van der Waals surface area contributed by atoms with Crippen molar-refractivity contribution in [3.8, 4) is 5.75 Å². The van der Waals surface area contributed by atoms with Crippen molar-refractivity contribution in [2.45, 2.75) is 27.4 Å². The Labute approximate surface area is 131 Å². The Hall–Kier alpha value is -2.77. The molecule has 0 atom stereocenters. The van der Waals surface area contributed by atoms with Gasteiger partial charge < -0.3 is 4.74 Å². The molecule has 0 amide bonds. The molecule has 2 rings (SSSR count). The van der Waals surface area contributed by atoms with Crippen LogP contribution in [-0.4, -0.2) is 22.8 Å². The summed E-state index contributed by atoms with van der Waals surface area (Å²) in [4.78, 5) is 17.9. The van der Waals surface area contributed by atoms with Gasteiger partial charge in [0.2, 0.25) is 5.95 Å². The van der Waals surface area contributed by atoms with Crippen LogP contribution in [-0.2, 0) is 0 Å². The standard InChI is InChI=1S/C15H16F2N4O2/c1-8-4-11(5-9(2)13(8)23-14(16)17)7-18-21-15-19-10(3)6-12(22)20-15/h4-7,14H,1-3H3,(H2,19,20,21,22)/b18-7-. The van der Waals surface area contributed by atoms with Gasteiger partial charge in [0, 0.05) is 11.8 Å². The molecule has 0 saturated carbocycles. The number of H-pyrrole nitrogens is 1. The number of halogens is 2. The fourth-order valence-electron chi connectivity index (χ4n) is 2.13. The number of alkyl halides is 2. The van der Waals surface area contributed by atoms with E-state index in [1.165, 1.54) is 12.3 Å². The minimum Gasteiger partial charge on any atom is -0.434 e. The van der Waals surface area contributed by atoms with Crippen molar-refractivity contribution in [3.63, 3.8) is 0 Å². The van der Waals surface area contributed by atoms with Gasteiger partial charge in [-0.25, -0.2) is 10.4 Å². The molecule has 6 nitrogen and oxygen atoms in total. The summed E-state index contributed by atoms with van der Waals surface area (Å²) in [6, 6.07) is 4.70. The molecular weight excluding hydrogens is 306 g/mol. The smallest absolute Gasteiger partial charge is 0.387 e. The number of ether oxygens (including phenoxy) is 1. The summed E-state index contributed by atoms with van der Waals surface area (Å²) in [5.41, 5.74) is 4.75. The molecule has 0 aliphatic carbocycles. The SMILES string of the molecule is Cc1cc(=O)[nH]c(N/N=C\c2cc(C)c(OC(F)F)c(C)c2)n1. The minimum absolute atomic E-state index is 0.162. The molecule has 23 heavy (non-hydrogen) atoms. The summed E-state index contributed by atoms with van der Waals surface area (Å²) in [7, 11) is 0. The first-order valence-corrected chi connectivity index (χ1v) is 6.78. The van der Waals surface area contributed by atoms with E-state index < -0.39 is 6.61 Å². The highest BCUT2D eigenvalue weighted by molar-refractivity contribution is 5.81. The fourth-order valence-corrected chi connectivity index (χ4v) is 2.13. The summed E-state index contributed by atoms with van der Waals surface area (Å²) < 4.78 is 29.2. The number of benzene rings is 1. The molecule has 0 aliphatic heterocycles. The number of aromatic nitrogens is 2. The van der Waals surface area contributed by atoms with Crippen molar-refractivity contribution in [3.05, 3.63) is 50.9 Å². The molecule has 1 heterocycles. The van der Waals surface area contributed by atoms with Gasteiger partial charge in [-0.2, -0.15) is 13.9 Å². The molecule has 0 saturated heterocycles. The van der Waals surface area contributed by atoms with Gasteiger partial charge in [0.1, 0.15) is 5.75 Å². The maximum absolute atomic E-state index is 12.3. The number of anilines is 1. The van der Waals surface area contributed by atoms with Crippen molar-refractivity contribution in [1.29, 1.82) is 0 Å². The molecule has 0 aliphatic rings. The zero-order valence-electron chi connectivity index (χ0n) is 12.9. The van der Waals surface area contributed by atoms with Crippen LogP contribution in [0.1, 0.15) is 22.4 Å². The van der Waals surface area contributed by atoms with Gasteiger partial charge in [-0.15, -0.1) is 0 Å². The van der Waals surface area contributed by atoms with E-state index >= 15 is 0 Å². The van der Waals surface area contributed by atoms with Crippen molar-refractivity contribution in [2.24, 2.45) is 5.10 Å². The van der Waals surface area contributed by atoms with Crippen LogP contribution in [0.5, 0.6) is 5.75 Å². The van der Waals surface area contributed by atoms with Crippen LogP contribution in [0.3, 0.4) is 0 Å². The maximum atomic E-state index is 12.3. The number of hydrogen-bond acceptors (Lipinski definition) is 5. The highest BCUT2D eigenvalue weighted by atomic mass is 19.3. The van der Waals surface area contributed by atoms with E-state index in [0.717, 1.165) is 0 Å². The van der Waals surface area contributed by atoms with E-state index in [1.54, 1.807) is 32.9 Å². The second kappa shape index (κ2) is 6.99. The van der Waals surface area contributed by atoms with Crippen LogP contribution in [0, 0.1) is 20.8 Å². The molecule has 0 bridgehead atoms. The molecule has 0 unspecified atom stereocenters. The lowest BCUT2D eigenvalue weighted by Crippen LogP contribution is -2.10. The molecule has 0 spiro atoms. The first kappa shape index (κ1) is 16.6. The van der Waals surface area contributed by atoms with E-state index in [9.17, 15) is 13.6 Å². The van der Waals surface area contributed by atoms with Gasteiger partial charge in [-0.05, 0) is 49.6 Å². The molecule has 1 aromatic heterocycles. The summed E-state index contributed by atoms with van der Waals surface area (Å²) >= 11 is 0. The van der Waals surface area contributed by atoms with Crippen molar-refractivity contribution < 1.29 is 13.5 Å². The van der Waals surface area contributed by atoms with Crippen LogP contribution in [0.15, 0.2) is 28.1 Å². The number of hydrazone groups is 1. The Morgan fingerprint density at radius 3 is 2.48 bits per heavy atom. The van der Waals surface area contributed by atoms with Gasteiger partial charge in [-0.3, -0.25) is 9.78 Å². The molecule has 2 aromatic rings. The fraction of sp³-hybridized carbons (Fsp3) is 0.267. The lowest BCUT2D eigenvalue weighted by Gasteiger charge is -2.11. The van der Waals surface area contributed by atoms with E-state index in [1.807, 2.05) is 0 Å². The van der Waals surface area contributed by atoms with Crippen LogP contribution in [0.25, 0.3) is 0 Å². The number of aromatic amines is 1. The number of rotatable bonds is 5. The van der Waals surface area contributed by atoms with Gasteiger partial charge in [-0.1, -0.05) is 0 Å². The average molecular weight is 322 g/mol. The minimum atomic E-state index is -2.86. The lowest BCUT2D eigenvalue weighted by atomic mass is 10.1. The number of aryl methyl sites for hydroxylation is 3. The van der Waals surface area contributed by atoms with Gasteiger partial charge in [0.25, 0.3) is 5.56 Å². The first-order chi connectivity index (χ1) is 10.8. The Morgan fingerprint density at radius 2 is 1.91 bits per heavy atom. The third-order valence-corrected chi connectivity index (χ3v) is 2.94. The molecule has 2 N–H and O–H groups in total. The quantitative estimate of drug-likeness (QED) is 0.655. The third kappa shape index (κ3) is 4.60. The molecule has 8 heteroatoms. The summed E-state index contributed by atoms with van der Waals surface area (Å²) in [5, 5.41) is 3.97. The van der Waals surface area contributed by atoms with Crippen LogP contribution < -0.4 is 15.7 Å². The maximum Gasteiger partial charge on any atom is 0.387 e. The third-order valence-electron chi connectivity index (χ3n) is 2.94. The van der Waals surface area contributed by atoms with E-state index in [2.05, 4.69) is 25.2 Å². The Bertz CT molecular complexity index is 764. The molecular formula is C15H16F2N4O2. The summed E-state index contributed by atoms with van der Waals surface area (Å²) in [5.74, 6) is 0.382. The van der Waals surface area contributed by atoms with Crippen molar-refractivity contribution in [1.82, 2.24) is 9.97 Å². The second-order valence-electron chi connectivity index (χ2n) is 4.97. The number of hydrogen-bond donors (Lipinski definition) is 2. The summed E-state index contributed by atoms with van der Waals surface area (Å²) in [6.07, 6.45) is 1.49. The average Bonchev–Trinajstić information content (AvgIpc) is 2.41. The molecule has 0 radical (unpaired) electrons. The molecule has 122 valence electrons. The predicted molar refractivity (Wildman–Crippen MR) is 83.4 cm³/mol. The van der Waals surface area contributed by atoms with E-state index in [-0.39, 0.29) is 17.3 Å². The van der Waals surface area contributed by atoms with Crippen LogP contribution in [0.2, 0.25) is 0 Å². The Balaban J connectivity index is 2.15. The van der Waals surface area contributed by atoms with Crippen molar-refractivity contribution >= 4 is 12.2 Å². The van der Waals surface area contributed by atoms with Crippen molar-refractivity contribution in [2.75, 3.05) is 5.43 Å². The van der Waals surface area contributed by atoms with E-state index in [4.69, 9.17) is 0 Å². The monoisotopic (exact) mass is 322 g/mol. The number of nitrogens with one attached hydrogen (secondary N) is 2. The Kier molecular flexibility index (Phi) is 5.05. The molecule has 1 aromatic carbocycles. The lowest BCUT2D eigenvalue weighted by molar-refractivity contribution is -0.0507. The van der Waals surface area contributed by atoms with Gasteiger partial charge in [0.15, 0.2) is 0 Å². The normalized spacial score (nSPS) is 11.2. The predicted octanol–water partition coefficient (Wildman–Crippen LogP) is 2.74. The topological polar surface area (TPSA) is 79.4 Å². The van der Waals surface area contributed by atoms with Crippen LogP contribution in [0.4, 0.5) is 14.7 Å². The highest BCUT2D eigenvalue weighted by Crippen LogP contribution is 2.25. The van der Waals surface area contributed by atoms with Gasteiger partial charge >= 0.3 is 6.61 Å². The van der Waals surface area contributed by atoms with E-state index in [0.29, 0.717) is 22.4 Å². The largest absolute Gasteiger partial charge is 0.434 e. The zero-order valence-corrected chi connectivity index (χ0v) is 12.9. The second-order valence-corrected chi connectivity index (χ2v) is 4.97. The van der Waals surface area contributed by atoms with Gasteiger partial charge in [0.05, 0.1) is 6.21 Å².